The molecule has 1 aliphatic heterocycles. The van der Waals surface area contributed by atoms with Gasteiger partial charge in [-0.1, -0.05) is 13.0 Å². The van der Waals surface area contributed by atoms with Crippen LogP contribution in [0.3, 0.4) is 0 Å². The van der Waals surface area contributed by atoms with Crippen LogP contribution in [-0.2, 0) is 11.3 Å². The zero-order chi connectivity index (χ0) is 18.8. The molecule has 0 saturated carbocycles. The Morgan fingerprint density at radius 3 is 3.11 bits per heavy atom. The average Bonchev–Trinajstić information content (AvgIpc) is 3.41. The van der Waals surface area contributed by atoms with E-state index in [0.29, 0.717) is 18.1 Å². The Labute approximate surface area is 160 Å². The van der Waals surface area contributed by atoms with Crippen molar-refractivity contribution >= 4 is 22.8 Å². The molecule has 0 aliphatic carbocycles. The number of likely N-dealkylation sites (N-methyl/N-ethyl adjacent to an activating group) is 1. The van der Waals surface area contributed by atoms with Gasteiger partial charge in [0, 0.05) is 12.6 Å². The number of carbonyl (C=O) groups is 1. The lowest BCUT2D eigenvalue weighted by Gasteiger charge is -2.22. The predicted octanol–water partition coefficient (Wildman–Crippen LogP) is 1.22. The second kappa shape index (κ2) is 7.61. The highest BCUT2D eigenvalue weighted by molar-refractivity contribution is 7.13. The Morgan fingerprint density at radius 1 is 1.44 bits per heavy atom. The molecular formula is C18H22N6O2S. The quantitative estimate of drug-likeness (QED) is 0.689. The predicted molar refractivity (Wildman–Crippen MR) is 104 cm³/mol. The van der Waals surface area contributed by atoms with Crippen molar-refractivity contribution in [2.45, 2.75) is 32.4 Å². The van der Waals surface area contributed by atoms with Crippen molar-refractivity contribution < 1.29 is 4.79 Å². The van der Waals surface area contributed by atoms with E-state index in [4.69, 9.17) is 0 Å². The number of nitrogens with one attached hydrogen (secondary N) is 1. The van der Waals surface area contributed by atoms with Crippen LogP contribution in [-0.4, -0.2) is 55.9 Å². The molecule has 9 heteroatoms. The van der Waals surface area contributed by atoms with Crippen LogP contribution in [0.2, 0.25) is 0 Å². The van der Waals surface area contributed by atoms with E-state index in [1.54, 1.807) is 17.4 Å². The molecule has 0 bridgehead atoms. The first-order chi connectivity index (χ1) is 13.2. The van der Waals surface area contributed by atoms with Crippen molar-refractivity contribution in [1.82, 2.24) is 29.6 Å². The summed E-state index contributed by atoms with van der Waals surface area (Å²) in [6.45, 7) is 4.73. The first-order valence-corrected chi connectivity index (χ1v) is 10.0. The summed E-state index contributed by atoms with van der Waals surface area (Å²) in [5, 5.41) is 13.4. The minimum absolute atomic E-state index is 0.0896. The van der Waals surface area contributed by atoms with Crippen LogP contribution >= 0.6 is 11.3 Å². The lowest BCUT2D eigenvalue weighted by molar-refractivity contribution is -0.122. The summed E-state index contributed by atoms with van der Waals surface area (Å²) in [6.07, 6.45) is 3.73. The third kappa shape index (κ3) is 3.65. The van der Waals surface area contributed by atoms with Gasteiger partial charge in [0.2, 0.25) is 5.91 Å². The van der Waals surface area contributed by atoms with E-state index in [1.165, 1.54) is 21.9 Å². The standard InChI is InChI=1S/C18H22N6O2S/c1-2-22-7-3-5-13(22)10-19-17(25)11-23-18(26)15-9-14(16-6-4-8-27-16)21-24(15)12-20-23/h4,6,8-9,12-13H,2-3,5,7,10-11H2,1H3,(H,19,25). The topological polar surface area (TPSA) is 84.5 Å². The molecule has 3 aromatic rings. The van der Waals surface area contributed by atoms with Gasteiger partial charge in [0.25, 0.3) is 5.56 Å². The smallest absolute Gasteiger partial charge is 0.293 e. The number of nitrogens with zero attached hydrogens (tertiary/aromatic N) is 5. The molecule has 1 aliphatic rings. The normalized spacial score (nSPS) is 17.6. The maximum absolute atomic E-state index is 12.7. The number of thiophene rings is 1. The number of amides is 1. The van der Waals surface area contributed by atoms with Crippen LogP contribution in [0.1, 0.15) is 19.8 Å². The zero-order valence-electron chi connectivity index (χ0n) is 15.2. The van der Waals surface area contributed by atoms with Crippen molar-refractivity contribution in [3.05, 3.63) is 40.3 Å². The van der Waals surface area contributed by atoms with Gasteiger partial charge in [-0.05, 0) is 43.4 Å². The molecule has 0 aromatic carbocycles. The molecular weight excluding hydrogens is 364 g/mol. The summed E-state index contributed by atoms with van der Waals surface area (Å²) >= 11 is 1.56. The fraction of sp³-hybridized carbons (Fsp3) is 0.444. The summed E-state index contributed by atoms with van der Waals surface area (Å²) < 4.78 is 2.65. The third-order valence-corrected chi connectivity index (χ3v) is 5.89. The highest BCUT2D eigenvalue weighted by atomic mass is 32.1. The Hall–Kier alpha value is -2.52. The number of rotatable bonds is 6. The van der Waals surface area contributed by atoms with E-state index in [-0.39, 0.29) is 18.0 Å². The number of carbonyl (C=O) groups excluding carboxylic acids is 1. The molecule has 4 heterocycles. The highest BCUT2D eigenvalue weighted by Crippen LogP contribution is 2.23. The molecule has 3 aromatic heterocycles. The van der Waals surface area contributed by atoms with Crippen LogP contribution in [0.5, 0.6) is 0 Å². The van der Waals surface area contributed by atoms with Crippen LogP contribution < -0.4 is 10.9 Å². The van der Waals surface area contributed by atoms with Crippen LogP contribution in [0.15, 0.2) is 34.7 Å². The minimum atomic E-state index is -0.320. The van der Waals surface area contributed by atoms with Crippen molar-refractivity contribution in [3.63, 3.8) is 0 Å². The summed E-state index contributed by atoms with van der Waals surface area (Å²) in [7, 11) is 0. The molecule has 8 nitrogen and oxygen atoms in total. The molecule has 4 rings (SSSR count). The minimum Gasteiger partial charge on any atom is -0.353 e. The van der Waals surface area contributed by atoms with Gasteiger partial charge in [-0.3, -0.25) is 14.5 Å². The highest BCUT2D eigenvalue weighted by Gasteiger charge is 2.23. The van der Waals surface area contributed by atoms with Crippen molar-refractivity contribution in [2.24, 2.45) is 0 Å². The van der Waals surface area contributed by atoms with Gasteiger partial charge >= 0.3 is 0 Å². The number of hydrogen-bond donors (Lipinski definition) is 1. The fourth-order valence-corrected chi connectivity index (χ4v) is 4.24. The van der Waals surface area contributed by atoms with Gasteiger partial charge in [-0.15, -0.1) is 11.3 Å². The van der Waals surface area contributed by atoms with E-state index in [1.807, 2.05) is 17.5 Å². The monoisotopic (exact) mass is 386 g/mol. The molecule has 0 spiro atoms. The van der Waals surface area contributed by atoms with Gasteiger partial charge in [0.15, 0.2) is 0 Å². The molecule has 1 saturated heterocycles. The van der Waals surface area contributed by atoms with Crippen molar-refractivity contribution in [1.29, 1.82) is 0 Å². The second-order valence-corrected chi connectivity index (χ2v) is 7.61. The van der Waals surface area contributed by atoms with Crippen molar-refractivity contribution in [2.75, 3.05) is 19.6 Å². The third-order valence-electron chi connectivity index (χ3n) is 5.00. The molecule has 1 amide bonds. The van der Waals surface area contributed by atoms with Crippen LogP contribution in [0.25, 0.3) is 16.1 Å². The van der Waals surface area contributed by atoms with Crippen LogP contribution in [0, 0.1) is 0 Å². The SMILES string of the molecule is CCN1CCCC1CNC(=O)Cn1ncn2nc(-c3cccs3)cc2c1=O. The molecule has 1 unspecified atom stereocenters. The lowest BCUT2D eigenvalue weighted by atomic mass is 10.2. The van der Waals surface area contributed by atoms with Gasteiger partial charge in [0.05, 0.1) is 4.88 Å². The molecule has 1 N–H and O–H groups in total. The zero-order valence-corrected chi connectivity index (χ0v) is 16.0. The average molecular weight is 386 g/mol. The summed E-state index contributed by atoms with van der Waals surface area (Å²) in [4.78, 5) is 28.3. The van der Waals surface area contributed by atoms with Crippen molar-refractivity contribution in [3.8, 4) is 10.6 Å². The van der Waals surface area contributed by atoms with E-state index < -0.39 is 0 Å². The number of aromatic nitrogens is 4. The molecule has 0 radical (unpaired) electrons. The van der Waals surface area contributed by atoms with E-state index in [0.717, 1.165) is 30.1 Å². The van der Waals surface area contributed by atoms with Gasteiger partial charge < -0.3 is 5.32 Å². The fourth-order valence-electron chi connectivity index (χ4n) is 3.56. The Balaban J connectivity index is 1.46. The first kappa shape index (κ1) is 17.9. The van der Waals surface area contributed by atoms with Crippen LogP contribution in [0.4, 0.5) is 0 Å². The number of fused-ring (bicyclic) bond motifs is 1. The Morgan fingerprint density at radius 2 is 2.33 bits per heavy atom. The summed E-state index contributed by atoms with van der Waals surface area (Å²) in [5.41, 5.74) is 0.820. The maximum Gasteiger partial charge on any atom is 0.293 e. The molecule has 1 fully saturated rings. The summed E-state index contributed by atoms with van der Waals surface area (Å²) in [5.74, 6) is -0.199. The van der Waals surface area contributed by atoms with Gasteiger partial charge in [-0.25, -0.2) is 9.20 Å². The maximum atomic E-state index is 12.7. The number of hydrogen-bond acceptors (Lipinski definition) is 6. The number of likely N-dealkylation sites (tertiary alicyclic amines) is 1. The summed E-state index contributed by atoms with van der Waals surface area (Å²) in [6, 6.07) is 6.01. The molecule has 1 atom stereocenters. The van der Waals surface area contributed by atoms with E-state index in [2.05, 4.69) is 27.3 Å². The second-order valence-electron chi connectivity index (χ2n) is 6.66. The Kier molecular flexibility index (Phi) is 5.04. The van der Waals surface area contributed by atoms with E-state index in [9.17, 15) is 9.59 Å². The molecule has 27 heavy (non-hydrogen) atoms. The lowest BCUT2D eigenvalue weighted by Crippen LogP contribution is -2.42. The van der Waals surface area contributed by atoms with Gasteiger partial charge in [0.1, 0.15) is 24.1 Å². The largest absolute Gasteiger partial charge is 0.353 e. The van der Waals surface area contributed by atoms with Gasteiger partial charge in [-0.2, -0.15) is 10.2 Å². The molecule has 142 valence electrons. The van der Waals surface area contributed by atoms with E-state index >= 15 is 0 Å². The first-order valence-electron chi connectivity index (χ1n) is 9.16. The Bertz CT molecular complexity index is 993.